The van der Waals surface area contributed by atoms with Crippen molar-refractivity contribution in [2.24, 2.45) is 5.92 Å². The van der Waals surface area contributed by atoms with Gasteiger partial charge in [0.15, 0.2) is 0 Å². The molecule has 0 spiro atoms. The molecule has 1 fully saturated rings. The van der Waals surface area contributed by atoms with Crippen LogP contribution in [-0.2, 0) is 16.1 Å². The summed E-state index contributed by atoms with van der Waals surface area (Å²) in [6.45, 7) is 0.315. The monoisotopic (exact) mass is 486 g/mol. The molecule has 1 heterocycles. The Morgan fingerprint density at radius 3 is 2.50 bits per heavy atom. The number of benzene rings is 2. The number of amides is 3. The first-order chi connectivity index (χ1) is 17.4. The van der Waals surface area contributed by atoms with Crippen molar-refractivity contribution in [2.45, 2.75) is 45.1 Å². The van der Waals surface area contributed by atoms with Crippen LogP contribution in [0.2, 0.25) is 0 Å². The van der Waals surface area contributed by atoms with Crippen LogP contribution in [0.1, 0.15) is 54.4 Å². The van der Waals surface area contributed by atoms with Gasteiger partial charge in [0.1, 0.15) is 0 Å². The highest BCUT2D eigenvalue weighted by molar-refractivity contribution is 6.04. The van der Waals surface area contributed by atoms with Crippen LogP contribution in [0.3, 0.4) is 0 Å². The van der Waals surface area contributed by atoms with E-state index in [1.807, 2.05) is 24.3 Å². The van der Waals surface area contributed by atoms with Crippen LogP contribution in [0, 0.1) is 17.2 Å². The van der Waals surface area contributed by atoms with Crippen LogP contribution in [0.5, 0.6) is 0 Å². The van der Waals surface area contributed by atoms with Gasteiger partial charge in [-0.25, -0.2) is 4.98 Å². The van der Waals surface area contributed by atoms with Gasteiger partial charge in [-0.05, 0) is 55.3 Å². The predicted octanol–water partition coefficient (Wildman–Crippen LogP) is 3.84. The molecule has 3 aromatic rings. The Hall–Kier alpha value is -4.19. The van der Waals surface area contributed by atoms with Gasteiger partial charge in [-0.1, -0.05) is 19.3 Å². The Morgan fingerprint density at radius 1 is 1.11 bits per heavy atom. The molecule has 9 nitrogen and oxygen atoms in total. The molecule has 3 amide bonds. The maximum atomic E-state index is 13.0. The molecule has 1 aliphatic carbocycles. The summed E-state index contributed by atoms with van der Waals surface area (Å²) >= 11 is 0. The molecule has 0 saturated heterocycles. The number of carbonyl (C=O) groups excluding carboxylic acids is 3. The third-order valence-corrected chi connectivity index (χ3v) is 6.75. The number of nitrogens with one attached hydrogen (secondary N) is 2. The maximum Gasteiger partial charge on any atom is 0.257 e. The minimum atomic E-state index is -0.374. The van der Waals surface area contributed by atoms with Crippen molar-refractivity contribution in [3.63, 3.8) is 0 Å². The first-order valence-electron chi connectivity index (χ1n) is 12.2. The van der Waals surface area contributed by atoms with Crippen LogP contribution in [0.25, 0.3) is 11.0 Å². The standard InChI is InChI=1S/C27H30N6O3/c1-29-24(34)14-15-33-23-13-12-21(32(2)26(36)20-6-4-3-5-7-20)16-22(23)30-27(33)31-25(35)19-10-8-18(17-28)9-11-19/h8-13,16,20H,3-7,14-15H2,1-2H3,(H,29,34)(H,30,31,35). The molecule has 2 aromatic carbocycles. The average molecular weight is 487 g/mol. The molecular weight excluding hydrogens is 456 g/mol. The molecule has 36 heavy (non-hydrogen) atoms. The number of anilines is 2. The lowest BCUT2D eigenvalue weighted by Gasteiger charge is -2.26. The number of hydrogen-bond donors (Lipinski definition) is 2. The molecule has 1 saturated carbocycles. The van der Waals surface area contributed by atoms with E-state index in [2.05, 4.69) is 15.6 Å². The van der Waals surface area contributed by atoms with E-state index in [4.69, 9.17) is 5.26 Å². The summed E-state index contributed by atoms with van der Waals surface area (Å²) in [6.07, 6.45) is 5.41. The molecule has 9 heteroatoms. The van der Waals surface area contributed by atoms with E-state index < -0.39 is 0 Å². The van der Waals surface area contributed by atoms with Crippen molar-refractivity contribution in [3.05, 3.63) is 53.6 Å². The summed E-state index contributed by atoms with van der Waals surface area (Å²) in [5.74, 6) is -0.0348. The SMILES string of the molecule is CNC(=O)CCn1c(NC(=O)c2ccc(C#N)cc2)nc2cc(N(C)C(=O)C3CCCCC3)ccc21. The highest BCUT2D eigenvalue weighted by Gasteiger charge is 2.25. The highest BCUT2D eigenvalue weighted by Crippen LogP contribution is 2.29. The number of nitrogens with zero attached hydrogens (tertiary/aromatic N) is 4. The number of aryl methyl sites for hydroxylation is 1. The summed E-state index contributed by atoms with van der Waals surface area (Å²) < 4.78 is 1.79. The van der Waals surface area contributed by atoms with E-state index in [9.17, 15) is 14.4 Å². The average Bonchev–Trinajstić information content (AvgIpc) is 3.27. The number of hydrogen-bond acceptors (Lipinski definition) is 5. The second kappa shape index (κ2) is 11.0. The van der Waals surface area contributed by atoms with Gasteiger partial charge >= 0.3 is 0 Å². The predicted molar refractivity (Wildman–Crippen MR) is 138 cm³/mol. The van der Waals surface area contributed by atoms with Gasteiger partial charge in [0.2, 0.25) is 17.8 Å². The van der Waals surface area contributed by atoms with Gasteiger partial charge in [0, 0.05) is 44.2 Å². The Morgan fingerprint density at radius 2 is 1.83 bits per heavy atom. The third kappa shape index (κ3) is 5.38. The largest absolute Gasteiger partial charge is 0.359 e. The zero-order valence-corrected chi connectivity index (χ0v) is 20.6. The van der Waals surface area contributed by atoms with E-state index in [0.717, 1.165) is 36.9 Å². The van der Waals surface area contributed by atoms with Gasteiger partial charge in [0.05, 0.1) is 22.7 Å². The van der Waals surface area contributed by atoms with E-state index >= 15 is 0 Å². The Bertz CT molecular complexity index is 1320. The van der Waals surface area contributed by atoms with Crippen LogP contribution in [0.15, 0.2) is 42.5 Å². The lowest BCUT2D eigenvalue weighted by Crippen LogP contribution is -2.33. The topological polar surface area (TPSA) is 120 Å². The van der Waals surface area contributed by atoms with Crippen molar-refractivity contribution in [3.8, 4) is 6.07 Å². The van der Waals surface area contributed by atoms with E-state index in [1.54, 1.807) is 47.8 Å². The molecule has 2 N–H and O–H groups in total. The maximum absolute atomic E-state index is 13.0. The highest BCUT2D eigenvalue weighted by atomic mass is 16.2. The van der Waals surface area contributed by atoms with Gasteiger partial charge in [0.25, 0.3) is 5.91 Å². The lowest BCUT2D eigenvalue weighted by atomic mass is 9.88. The van der Waals surface area contributed by atoms with E-state index in [1.165, 1.54) is 6.42 Å². The minimum absolute atomic E-state index is 0.0480. The first-order valence-corrected chi connectivity index (χ1v) is 12.2. The van der Waals surface area contributed by atoms with Crippen molar-refractivity contribution >= 4 is 40.4 Å². The van der Waals surface area contributed by atoms with Crippen LogP contribution >= 0.6 is 0 Å². The van der Waals surface area contributed by atoms with E-state index in [0.29, 0.717) is 29.1 Å². The fourth-order valence-electron chi connectivity index (χ4n) is 4.61. The molecule has 0 aliphatic heterocycles. The summed E-state index contributed by atoms with van der Waals surface area (Å²) in [5.41, 5.74) is 2.94. The second-order valence-electron chi connectivity index (χ2n) is 9.06. The fraction of sp³-hybridized carbons (Fsp3) is 0.370. The molecule has 4 rings (SSSR count). The zero-order valence-electron chi connectivity index (χ0n) is 20.6. The number of imidazole rings is 1. The molecule has 0 atom stereocenters. The number of aromatic nitrogens is 2. The summed E-state index contributed by atoms with van der Waals surface area (Å²) in [6, 6.07) is 13.9. The van der Waals surface area contributed by atoms with Crippen molar-refractivity contribution in [2.75, 3.05) is 24.3 Å². The second-order valence-corrected chi connectivity index (χ2v) is 9.06. The zero-order chi connectivity index (χ0) is 25.7. The molecule has 186 valence electrons. The van der Waals surface area contributed by atoms with Crippen molar-refractivity contribution in [1.29, 1.82) is 5.26 Å². The number of nitriles is 1. The molecule has 0 unspecified atom stereocenters. The number of carbonyl (C=O) groups is 3. The Balaban J connectivity index is 1.63. The summed E-state index contributed by atoms with van der Waals surface area (Å²) in [5, 5.41) is 14.4. The van der Waals surface area contributed by atoms with Gasteiger partial charge in [-0.2, -0.15) is 5.26 Å². The Kier molecular flexibility index (Phi) is 7.64. The summed E-state index contributed by atoms with van der Waals surface area (Å²) in [7, 11) is 3.36. The molecule has 0 bridgehead atoms. The van der Waals surface area contributed by atoms with Crippen molar-refractivity contribution < 1.29 is 14.4 Å². The molecule has 1 aromatic heterocycles. The first kappa shape index (κ1) is 24.9. The smallest absolute Gasteiger partial charge is 0.257 e. The van der Waals surface area contributed by atoms with Crippen LogP contribution in [-0.4, -0.2) is 41.4 Å². The van der Waals surface area contributed by atoms with Crippen molar-refractivity contribution in [1.82, 2.24) is 14.9 Å². The molecular formula is C27H30N6O3. The molecule has 0 radical (unpaired) electrons. The third-order valence-electron chi connectivity index (χ3n) is 6.75. The van der Waals surface area contributed by atoms with Gasteiger partial charge in [-0.3, -0.25) is 19.7 Å². The quantitative estimate of drug-likeness (QED) is 0.526. The summed E-state index contributed by atoms with van der Waals surface area (Å²) in [4.78, 5) is 44.2. The lowest BCUT2D eigenvalue weighted by molar-refractivity contribution is -0.123. The van der Waals surface area contributed by atoms with Crippen LogP contribution in [0.4, 0.5) is 11.6 Å². The normalized spacial score (nSPS) is 13.7. The van der Waals surface area contributed by atoms with Gasteiger partial charge in [-0.15, -0.1) is 0 Å². The fourth-order valence-corrected chi connectivity index (χ4v) is 4.61. The van der Waals surface area contributed by atoms with E-state index in [-0.39, 0.29) is 30.1 Å². The number of rotatable bonds is 7. The molecule has 1 aliphatic rings. The van der Waals surface area contributed by atoms with Gasteiger partial charge < -0.3 is 14.8 Å². The number of fused-ring (bicyclic) bond motifs is 1. The van der Waals surface area contributed by atoms with Crippen LogP contribution < -0.4 is 15.5 Å². The minimum Gasteiger partial charge on any atom is -0.359 e. The Labute approximate surface area is 210 Å².